The fourth-order valence-corrected chi connectivity index (χ4v) is 1.17. The van der Waals surface area contributed by atoms with E-state index in [-0.39, 0.29) is 13.2 Å². The van der Waals surface area contributed by atoms with Gasteiger partial charge in [0.2, 0.25) is 0 Å². The standard InChI is InChI=1S/C8H14O5/c1-2-3-12-8-7(11)6(10)5(4-9)13-8/h2,5-11H,1,3-4H2/t5-,6-,7+,8?/m1/s1. The van der Waals surface area contributed by atoms with Crippen molar-refractivity contribution >= 4 is 0 Å². The van der Waals surface area contributed by atoms with Crippen LogP contribution in [0.15, 0.2) is 12.7 Å². The molecule has 0 radical (unpaired) electrons. The largest absolute Gasteiger partial charge is 0.394 e. The summed E-state index contributed by atoms with van der Waals surface area (Å²) in [4.78, 5) is 0. The van der Waals surface area contributed by atoms with Crippen LogP contribution >= 0.6 is 0 Å². The molecule has 3 N–H and O–H groups in total. The van der Waals surface area contributed by atoms with Crippen molar-refractivity contribution in [1.82, 2.24) is 0 Å². The predicted octanol–water partition coefficient (Wildman–Crippen LogP) is -1.37. The van der Waals surface area contributed by atoms with E-state index in [1.807, 2.05) is 0 Å². The topological polar surface area (TPSA) is 79.2 Å². The van der Waals surface area contributed by atoms with Gasteiger partial charge in [0.15, 0.2) is 6.29 Å². The van der Waals surface area contributed by atoms with E-state index < -0.39 is 24.6 Å². The van der Waals surface area contributed by atoms with E-state index in [0.717, 1.165) is 0 Å². The maximum Gasteiger partial charge on any atom is 0.187 e. The average Bonchev–Trinajstić information content (AvgIpc) is 2.41. The lowest BCUT2D eigenvalue weighted by Crippen LogP contribution is -2.34. The van der Waals surface area contributed by atoms with Gasteiger partial charge < -0.3 is 24.8 Å². The Bertz CT molecular complexity index is 172. The van der Waals surface area contributed by atoms with Gasteiger partial charge in [0.1, 0.15) is 18.3 Å². The molecule has 13 heavy (non-hydrogen) atoms. The van der Waals surface area contributed by atoms with Gasteiger partial charge in [-0.1, -0.05) is 6.08 Å². The molecule has 1 fully saturated rings. The van der Waals surface area contributed by atoms with Crippen molar-refractivity contribution in [3.05, 3.63) is 12.7 Å². The Labute approximate surface area is 76.2 Å². The van der Waals surface area contributed by atoms with Crippen molar-refractivity contribution in [2.75, 3.05) is 13.2 Å². The summed E-state index contributed by atoms with van der Waals surface area (Å²) < 4.78 is 10.0. The number of aliphatic hydroxyl groups excluding tert-OH is 3. The second kappa shape index (κ2) is 4.69. The molecule has 0 amide bonds. The van der Waals surface area contributed by atoms with Crippen molar-refractivity contribution in [3.8, 4) is 0 Å². The van der Waals surface area contributed by atoms with Gasteiger partial charge in [-0.2, -0.15) is 0 Å². The number of rotatable bonds is 4. The van der Waals surface area contributed by atoms with Crippen LogP contribution in [0, 0.1) is 0 Å². The highest BCUT2D eigenvalue weighted by Gasteiger charge is 2.42. The molecule has 1 aliphatic heterocycles. The predicted molar refractivity (Wildman–Crippen MR) is 43.9 cm³/mol. The fourth-order valence-electron chi connectivity index (χ4n) is 1.17. The van der Waals surface area contributed by atoms with Crippen molar-refractivity contribution in [3.63, 3.8) is 0 Å². The third-order valence-corrected chi connectivity index (χ3v) is 1.88. The molecule has 0 bridgehead atoms. The maximum absolute atomic E-state index is 9.34. The zero-order chi connectivity index (χ0) is 9.84. The molecular weight excluding hydrogens is 176 g/mol. The first-order valence-corrected chi connectivity index (χ1v) is 4.05. The van der Waals surface area contributed by atoms with E-state index in [1.165, 1.54) is 6.08 Å². The number of ether oxygens (including phenoxy) is 2. The Morgan fingerprint density at radius 3 is 2.54 bits per heavy atom. The molecule has 0 aliphatic carbocycles. The molecule has 1 saturated heterocycles. The van der Waals surface area contributed by atoms with Crippen LogP contribution in [0.5, 0.6) is 0 Å². The first-order chi connectivity index (χ1) is 6.20. The number of hydrogen-bond donors (Lipinski definition) is 3. The van der Waals surface area contributed by atoms with Gasteiger partial charge in [0, 0.05) is 0 Å². The molecular formula is C8H14O5. The second-order valence-electron chi connectivity index (χ2n) is 2.83. The zero-order valence-electron chi connectivity index (χ0n) is 7.17. The molecule has 1 heterocycles. The van der Waals surface area contributed by atoms with Crippen LogP contribution < -0.4 is 0 Å². The molecule has 1 rings (SSSR count). The summed E-state index contributed by atoms with van der Waals surface area (Å²) in [6, 6.07) is 0. The summed E-state index contributed by atoms with van der Waals surface area (Å²) in [5.74, 6) is 0. The first-order valence-electron chi connectivity index (χ1n) is 4.05. The minimum atomic E-state index is -1.11. The van der Waals surface area contributed by atoms with E-state index >= 15 is 0 Å². The molecule has 0 spiro atoms. The van der Waals surface area contributed by atoms with Gasteiger partial charge in [-0.15, -0.1) is 6.58 Å². The van der Waals surface area contributed by atoms with Crippen LogP contribution in [-0.4, -0.2) is 53.1 Å². The lowest BCUT2D eigenvalue weighted by molar-refractivity contribution is -0.162. The zero-order valence-corrected chi connectivity index (χ0v) is 7.17. The normalized spacial score (nSPS) is 39.3. The Kier molecular flexibility index (Phi) is 3.83. The van der Waals surface area contributed by atoms with Gasteiger partial charge in [-0.25, -0.2) is 0 Å². The van der Waals surface area contributed by atoms with E-state index in [2.05, 4.69) is 6.58 Å². The monoisotopic (exact) mass is 190 g/mol. The molecule has 1 unspecified atom stereocenters. The summed E-state index contributed by atoms with van der Waals surface area (Å²) in [6.07, 6.45) is -2.36. The van der Waals surface area contributed by atoms with Gasteiger partial charge in [-0.05, 0) is 0 Å². The van der Waals surface area contributed by atoms with Crippen LogP contribution in [0.25, 0.3) is 0 Å². The second-order valence-corrected chi connectivity index (χ2v) is 2.83. The summed E-state index contributed by atoms with van der Waals surface area (Å²) in [5.41, 5.74) is 0. The molecule has 4 atom stereocenters. The molecule has 0 aromatic carbocycles. The van der Waals surface area contributed by atoms with Crippen molar-refractivity contribution in [2.45, 2.75) is 24.6 Å². The molecule has 76 valence electrons. The Morgan fingerprint density at radius 1 is 1.38 bits per heavy atom. The van der Waals surface area contributed by atoms with Crippen LogP contribution in [0.2, 0.25) is 0 Å². The summed E-state index contributed by atoms with van der Waals surface area (Å²) in [7, 11) is 0. The molecule has 5 nitrogen and oxygen atoms in total. The van der Waals surface area contributed by atoms with Crippen molar-refractivity contribution in [2.24, 2.45) is 0 Å². The first kappa shape index (κ1) is 10.6. The minimum Gasteiger partial charge on any atom is -0.394 e. The summed E-state index contributed by atoms with van der Waals surface area (Å²) in [6.45, 7) is 3.32. The number of hydrogen-bond acceptors (Lipinski definition) is 5. The van der Waals surface area contributed by atoms with E-state index in [0.29, 0.717) is 0 Å². The van der Waals surface area contributed by atoms with Crippen LogP contribution in [-0.2, 0) is 9.47 Å². The highest BCUT2D eigenvalue weighted by Crippen LogP contribution is 2.21. The molecule has 5 heteroatoms. The Morgan fingerprint density at radius 2 is 2.08 bits per heavy atom. The molecule has 0 aromatic rings. The van der Waals surface area contributed by atoms with Crippen molar-refractivity contribution in [1.29, 1.82) is 0 Å². The molecule has 1 aliphatic rings. The van der Waals surface area contributed by atoms with E-state index in [1.54, 1.807) is 0 Å². The van der Waals surface area contributed by atoms with Gasteiger partial charge >= 0.3 is 0 Å². The highest BCUT2D eigenvalue weighted by atomic mass is 16.7. The van der Waals surface area contributed by atoms with Gasteiger partial charge in [-0.3, -0.25) is 0 Å². The lowest BCUT2D eigenvalue weighted by atomic mass is 10.1. The van der Waals surface area contributed by atoms with Crippen LogP contribution in [0.4, 0.5) is 0 Å². The Balaban J connectivity index is 2.45. The van der Waals surface area contributed by atoms with Crippen molar-refractivity contribution < 1.29 is 24.8 Å². The quantitative estimate of drug-likeness (QED) is 0.476. The molecule has 0 saturated carbocycles. The summed E-state index contributed by atoms with van der Waals surface area (Å²) in [5, 5.41) is 27.4. The minimum absolute atomic E-state index is 0.229. The lowest BCUT2D eigenvalue weighted by Gasteiger charge is -2.13. The van der Waals surface area contributed by atoms with Gasteiger partial charge in [0.25, 0.3) is 0 Å². The Hall–Kier alpha value is -0.460. The van der Waals surface area contributed by atoms with E-state index in [9.17, 15) is 10.2 Å². The summed E-state index contributed by atoms with van der Waals surface area (Å²) >= 11 is 0. The maximum atomic E-state index is 9.34. The van der Waals surface area contributed by atoms with E-state index in [4.69, 9.17) is 14.6 Å². The van der Waals surface area contributed by atoms with Gasteiger partial charge in [0.05, 0.1) is 13.2 Å². The molecule has 0 aromatic heterocycles. The average molecular weight is 190 g/mol. The third-order valence-electron chi connectivity index (χ3n) is 1.88. The smallest absolute Gasteiger partial charge is 0.187 e. The number of aliphatic hydroxyl groups is 3. The SMILES string of the molecule is C=CCOC1O[C@H](CO)[C@@H](O)[C@@H]1O. The third kappa shape index (κ3) is 2.26. The van der Waals surface area contributed by atoms with Crippen LogP contribution in [0.1, 0.15) is 0 Å². The fraction of sp³-hybridized carbons (Fsp3) is 0.750. The highest BCUT2D eigenvalue weighted by molar-refractivity contribution is 4.86. The van der Waals surface area contributed by atoms with Crippen LogP contribution in [0.3, 0.4) is 0 Å².